The fourth-order valence-corrected chi connectivity index (χ4v) is 3.68. The maximum atomic E-state index is 12.2. The lowest BCUT2D eigenvalue weighted by Gasteiger charge is -2.18. The molecule has 158 valence electrons. The van der Waals surface area contributed by atoms with Crippen molar-refractivity contribution < 1.29 is 23.8 Å². The normalized spacial score (nSPS) is 12.9. The summed E-state index contributed by atoms with van der Waals surface area (Å²) in [6.45, 7) is 4.19. The van der Waals surface area contributed by atoms with Gasteiger partial charge < -0.3 is 19.5 Å². The predicted octanol–water partition coefficient (Wildman–Crippen LogP) is 4.59. The number of para-hydroxylation sites is 1. The zero-order chi connectivity index (χ0) is 21.7. The van der Waals surface area contributed by atoms with Crippen molar-refractivity contribution in [2.24, 2.45) is 0 Å². The Morgan fingerprint density at radius 1 is 1.23 bits per heavy atom. The van der Waals surface area contributed by atoms with E-state index in [0.29, 0.717) is 30.6 Å². The number of carbonyl (C=O) groups excluding carboxylic acids is 2. The van der Waals surface area contributed by atoms with Crippen molar-refractivity contribution in [2.45, 2.75) is 39.7 Å². The molecule has 0 fully saturated rings. The van der Waals surface area contributed by atoms with E-state index in [1.165, 1.54) is 0 Å². The zero-order valence-electron chi connectivity index (χ0n) is 17.8. The molecule has 3 rings (SSSR count). The number of hydrogen-bond donors (Lipinski definition) is 1. The van der Waals surface area contributed by atoms with Crippen molar-refractivity contribution in [3.05, 3.63) is 64.2 Å². The molecule has 6 heteroatoms. The topological polar surface area (TPSA) is 73.9 Å². The Balaban J connectivity index is 1.73. The van der Waals surface area contributed by atoms with E-state index in [-0.39, 0.29) is 18.5 Å². The Morgan fingerprint density at radius 3 is 2.63 bits per heavy atom. The summed E-state index contributed by atoms with van der Waals surface area (Å²) in [6, 6.07) is 9.04. The molecular formula is C24H27NO5. The zero-order valence-corrected chi connectivity index (χ0v) is 17.8. The molecule has 0 aliphatic carbocycles. The van der Waals surface area contributed by atoms with Crippen molar-refractivity contribution in [1.82, 2.24) is 0 Å². The van der Waals surface area contributed by atoms with Crippen molar-refractivity contribution in [1.29, 1.82) is 0 Å². The Labute approximate surface area is 176 Å². The lowest BCUT2D eigenvalue weighted by atomic mass is 9.93. The molecule has 0 saturated heterocycles. The summed E-state index contributed by atoms with van der Waals surface area (Å²) in [6.07, 6.45) is 3.51. The summed E-state index contributed by atoms with van der Waals surface area (Å²) in [5.74, 6) is 0.723. The van der Waals surface area contributed by atoms with Gasteiger partial charge in [0.25, 0.3) is 0 Å². The van der Waals surface area contributed by atoms with Gasteiger partial charge in [-0.15, -0.1) is 0 Å². The second-order valence-corrected chi connectivity index (χ2v) is 7.23. The van der Waals surface area contributed by atoms with Gasteiger partial charge in [-0.25, -0.2) is 4.79 Å². The van der Waals surface area contributed by atoms with Crippen molar-refractivity contribution in [3.63, 3.8) is 0 Å². The van der Waals surface area contributed by atoms with E-state index >= 15 is 0 Å². The van der Waals surface area contributed by atoms with E-state index in [4.69, 9.17) is 14.2 Å². The van der Waals surface area contributed by atoms with Crippen LogP contribution in [0.25, 0.3) is 0 Å². The van der Waals surface area contributed by atoms with Gasteiger partial charge in [-0.05, 0) is 44.4 Å². The third-order valence-corrected chi connectivity index (χ3v) is 5.28. The number of hydrogen-bond acceptors (Lipinski definition) is 6. The molecule has 0 saturated carbocycles. The Hall–Kier alpha value is -3.28. The van der Waals surface area contributed by atoms with Crippen LogP contribution in [0, 0.1) is 6.92 Å². The first-order chi connectivity index (χ1) is 14.5. The maximum Gasteiger partial charge on any atom is 0.341 e. The maximum absolute atomic E-state index is 12.2. The van der Waals surface area contributed by atoms with Gasteiger partial charge in [-0.2, -0.15) is 0 Å². The average Bonchev–Trinajstić information content (AvgIpc) is 3.13. The highest BCUT2D eigenvalue weighted by Gasteiger charge is 2.31. The summed E-state index contributed by atoms with van der Waals surface area (Å²) in [5, 5.41) is 3.15. The first-order valence-corrected chi connectivity index (χ1v) is 9.94. The van der Waals surface area contributed by atoms with Crippen LogP contribution in [0.3, 0.4) is 0 Å². The van der Waals surface area contributed by atoms with Gasteiger partial charge in [0.15, 0.2) is 0 Å². The molecular weight excluding hydrogens is 382 g/mol. The number of methoxy groups -OCH3 is 1. The highest BCUT2D eigenvalue weighted by atomic mass is 16.5. The van der Waals surface area contributed by atoms with Crippen molar-refractivity contribution in [3.8, 4) is 11.5 Å². The van der Waals surface area contributed by atoms with Gasteiger partial charge >= 0.3 is 11.9 Å². The standard InChI is InChI=1S/C24H27NO5/c1-15(11-13-20(26)30-17-8-6-5-7-9-17)10-12-18-22(25-3)21-19(14-29-24(21)27)16(2)23(18)28-4/h5-10,25H,11-14H2,1-4H3/b15-10+. The van der Waals surface area contributed by atoms with Crippen LogP contribution >= 0.6 is 0 Å². The summed E-state index contributed by atoms with van der Waals surface area (Å²) >= 11 is 0. The lowest BCUT2D eigenvalue weighted by molar-refractivity contribution is -0.134. The van der Waals surface area contributed by atoms with E-state index in [1.807, 2.05) is 32.0 Å². The monoisotopic (exact) mass is 409 g/mol. The minimum absolute atomic E-state index is 0.265. The van der Waals surface area contributed by atoms with Gasteiger partial charge in [0.05, 0.1) is 18.4 Å². The molecule has 0 radical (unpaired) electrons. The third-order valence-electron chi connectivity index (χ3n) is 5.28. The molecule has 1 aliphatic heterocycles. The first-order valence-electron chi connectivity index (χ1n) is 9.94. The number of cyclic esters (lactones) is 1. The first kappa shape index (κ1) is 21.4. The van der Waals surface area contributed by atoms with Gasteiger partial charge in [0.2, 0.25) is 0 Å². The molecule has 0 unspecified atom stereocenters. The molecule has 0 bridgehead atoms. The van der Waals surface area contributed by atoms with E-state index in [1.54, 1.807) is 26.3 Å². The Kier molecular flexibility index (Phi) is 6.77. The molecule has 1 aliphatic rings. The van der Waals surface area contributed by atoms with Crippen LogP contribution in [0.4, 0.5) is 5.69 Å². The molecule has 0 amide bonds. The SMILES string of the molecule is CNc1c(C/C=C(\C)CCC(=O)Oc2ccccc2)c(OC)c(C)c2c1C(=O)OC2. The Morgan fingerprint density at radius 2 is 1.97 bits per heavy atom. The largest absolute Gasteiger partial charge is 0.496 e. The van der Waals surface area contributed by atoms with Crippen LogP contribution in [0.2, 0.25) is 0 Å². The minimum Gasteiger partial charge on any atom is -0.496 e. The molecule has 0 spiro atoms. The average molecular weight is 409 g/mol. The van der Waals surface area contributed by atoms with Crippen LogP contribution in [0.1, 0.15) is 46.8 Å². The predicted molar refractivity (Wildman–Crippen MR) is 115 cm³/mol. The van der Waals surface area contributed by atoms with Crippen molar-refractivity contribution >= 4 is 17.6 Å². The van der Waals surface area contributed by atoms with Crippen LogP contribution in [-0.4, -0.2) is 26.1 Å². The number of benzene rings is 2. The lowest BCUT2D eigenvalue weighted by Crippen LogP contribution is -2.09. The number of rotatable bonds is 8. The second-order valence-electron chi connectivity index (χ2n) is 7.23. The van der Waals surface area contributed by atoms with Crippen LogP contribution in [0.15, 0.2) is 42.0 Å². The van der Waals surface area contributed by atoms with E-state index in [9.17, 15) is 9.59 Å². The van der Waals surface area contributed by atoms with Gasteiger partial charge in [-0.3, -0.25) is 4.79 Å². The number of esters is 2. The van der Waals surface area contributed by atoms with E-state index in [0.717, 1.165) is 33.7 Å². The highest BCUT2D eigenvalue weighted by Crippen LogP contribution is 2.41. The summed E-state index contributed by atoms with van der Waals surface area (Å²) in [5.41, 5.74) is 5.08. The molecule has 1 heterocycles. The number of carbonyl (C=O) groups is 2. The fraction of sp³-hybridized carbons (Fsp3) is 0.333. The fourth-order valence-electron chi connectivity index (χ4n) is 3.68. The van der Waals surface area contributed by atoms with Gasteiger partial charge in [0.1, 0.15) is 18.1 Å². The molecule has 6 nitrogen and oxygen atoms in total. The number of ether oxygens (including phenoxy) is 3. The smallest absolute Gasteiger partial charge is 0.341 e. The van der Waals surface area contributed by atoms with Crippen LogP contribution in [0.5, 0.6) is 11.5 Å². The summed E-state index contributed by atoms with van der Waals surface area (Å²) in [4.78, 5) is 24.3. The summed E-state index contributed by atoms with van der Waals surface area (Å²) in [7, 11) is 3.42. The molecule has 2 aromatic rings. The number of fused-ring (bicyclic) bond motifs is 1. The Bertz CT molecular complexity index is 979. The van der Waals surface area contributed by atoms with E-state index in [2.05, 4.69) is 11.4 Å². The van der Waals surface area contributed by atoms with Crippen LogP contribution in [-0.2, 0) is 22.6 Å². The van der Waals surface area contributed by atoms with Crippen molar-refractivity contribution in [2.75, 3.05) is 19.5 Å². The van der Waals surface area contributed by atoms with Gasteiger partial charge in [0, 0.05) is 24.6 Å². The molecule has 0 aromatic heterocycles. The summed E-state index contributed by atoms with van der Waals surface area (Å²) < 4.78 is 16.2. The van der Waals surface area contributed by atoms with Gasteiger partial charge in [-0.1, -0.05) is 29.8 Å². The number of anilines is 1. The molecule has 0 atom stereocenters. The van der Waals surface area contributed by atoms with Crippen LogP contribution < -0.4 is 14.8 Å². The minimum atomic E-state index is -0.314. The molecule has 2 aromatic carbocycles. The second kappa shape index (κ2) is 9.48. The van der Waals surface area contributed by atoms with E-state index < -0.39 is 0 Å². The number of allylic oxidation sites excluding steroid dienone is 2. The number of nitrogens with one attached hydrogen (secondary N) is 1. The molecule has 1 N–H and O–H groups in total. The third kappa shape index (κ3) is 4.48. The quantitative estimate of drug-likeness (QED) is 0.391. The molecule has 30 heavy (non-hydrogen) atoms. The highest BCUT2D eigenvalue weighted by molar-refractivity contribution is 6.01.